The van der Waals surface area contributed by atoms with Crippen LogP contribution < -0.4 is 9.64 Å². The second-order valence-corrected chi connectivity index (χ2v) is 10.7. The summed E-state index contributed by atoms with van der Waals surface area (Å²) in [7, 11) is 0. The average molecular weight is 503 g/mol. The number of hydrogen-bond acceptors (Lipinski definition) is 8. The predicted molar refractivity (Wildman–Crippen MR) is 142 cm³/mol. The minimum absolute atomic E-state index is 0.198. The van der Waals surface area contributed by atoms with Crippen molar-refractivity contribution in [1.82, 2.24) is 15.0 Å². The highest BCUT2D eigenvalue weighted by Crippen LogP contribution is 2.33. The number of anilines is 1. The van der Waals surface area contributed by atoms with Gasteiger partial charge in [0.05, 0.1) is 40.2 Å². The molecule has 0 spiro atoms. The van der Waals surface area contributed by atoms with Gasteiger partial charge in [-0.15, -0.1) is 11.3 Å². The van der Waals surface area contributed by atoms with Crippen molar-refractivity contribution in [2.45, 2.75) is 38.2 Å². The topological polar surface area (TPSA) is 80.6 Å². The van der Waals surface area contributed by atoms with E-state index in [-0.39, 0.29) is 6.10 Å². The van der Waals surface area contributed by atoms with Crippen LogP contribution in [0.3, 0.4) is 0 Å². The molecular weight excluding hydrogens is 472 g/mol. The van der Waals surface area contributed by atoms with Crippen LogP contribution in [-0.2, 0) is 11.2 Å². The molecule has 1 aliphatic carbocycles. The maximum atomic E-state index is 10.3. The van der Waals surface area contributed by atoms with Gasteiger partial charge in [-0.3, -0.25) is 4.98 Å². The Kier molecular flexibility index (Phi) is 6.81. The lowest BCUT2D eigenvalue weighted by Crippen LogP contribution is -2.36. The van der Waals surface area contributed by atoms with E-state index >= 15 is 0 Å². The second-order valence-electron chi connectivity index (χ2n) is 9.54. The molecule has 4 heterocycles. The maximum absolute atomic E-state index is 10.3. The van der Waals surface area contributed by atoms with Crippen molar-refractivity contribution in [2.75, 3.05) is 31.2 Å². The molecule has 7 nitrogen and oxygen atoms in total. The van der Waals surface area contributed by atoms with E-state index in [0.717, 1.165) is 95.8 Å². The van der Waals surface area contributed by atoms with Crippen LogP contribution in [0.2, 0.25) is 0 Å². The second kappa shape index (κ2) is 10.5. The van der Waals surface area contributed by atoms with Crippen LogP contribution in [0.4, 0.5) is 5.82 Å². The van der Waals surface area contributed by atoms with Gasteiger partial charge in [0, 0.05) is 49.6 Å². The van der Waals surface area contributed by atoms with E-state index in [1.807, 2.05) is 42.6 Å². The average Bonchev–Trinajstić information content (AvgIpc) is 3.32. The minimum atomic E-state index is -0.198. The molecule has 2 fully saturated rings. The zero-order valence-corrected chi connectivity index (χ0v) is 21.0. The molecule has 0 radical (unpaired) electrons. The first-order valence-electron chi connectivity index (χ1n) is 12.7. The number of thiazole rings is 1. The highest BCUT2D eigenvalue weighted by atomic mass is 32.1. The van der Waals surface area contributed by atoms with Gasteiger partial charge in [0.1, 0.15) is 17.3 Å². The fraction of sp³-hybridized carbons (Fsp3) is 0.393. The van der Waals surface area contributed by atoms with Crippen molar-refractivity contribution in [1.29, 1.82) is 0 Å². The van der Waals surface area contributed by atoms with Crippen molar-refractivity contribution >= 4 is 27.4 Å². The minimum Gasteiger partial charge on any atom is -0.457 e. The number of aliphatic hydroxyl groups excluding tert-OH is 1. The van der Waals surface area contributed by atoms with Crippen molar-refractivity contribution < 1.29 is 14.6 Å². The van der Waals surface area contributed by atoms with Gasteiger partial charge in [0.2, 0.25) is 0 Å². The number of pyridine rings is 2. The molecule has 0 bridgehead atoms. The number of nitrogens with zero attached hydrogens (tertiary/aromatic N) is 4. The molecule has 36 heavy (non-hydrogen) atoms. The molecule has 1 saturated carbocycles. The predicted octanol–water partition coefficient (Wildman–Crippen LogP) is 5.48. The lowest BCUT2D eigenvalue weighted by atomic mass is 9.84. The molecule has 186 valence electrons. The lowest BCUT2D eigenvalue weighted by Gasteiger charge is -2.27. The summed E-state index contributed by atoms with van der Waals surface area (Å²) in [5.41, 5.74) is 2.75. The molecule has 1 saturated heterocycles. The van der Waals surface area contributed by atoms with E-state index in [1.54, 1.807) is 17.5 Å². The number of aliphatic hydroxyl groups is 1. The first-order chi connectivity index (χ1) is 17.7. The van der Waals surface area contributed by atoms with Gasteiger partial charge >= 0.3 is 0 Å². The number of fused-ring (bicyclic) bond motifs is 1. The van der Waals surface area contributed by atoms with Crippen LogP contribution in [0, 0.1) is 5.92 Å². The third kappa shape index (κ3) is 5.21. The molecule has 1 N–H and O–H groups in total. The van der Waals surface area contributed by atoms with Gasteiger partial charge in [0.25, 0.3) is 0 Å². The molecule has 2 aliphatic rings. The van der Waals surface area contributed by atoms with Crippen LogP contribution in [0.1, 0.15) is 30.7 Å². The summed E-state index contributed by atoms with van der Waals surface area (Å²) in [6.45, 7) is 3.20. The Morgan fingerprint density at radius 2 is 1.86 bits per heavy atom. The Balaban J connectivity index is 1.15. The van der Waals surface area contributed by atoms with Gasteiger partial charge in [-0.2, -0.15) is 0 Å². The van der Waals surface area contributed by atoms with Gasteiger partial charge in [-0.25, -0.2) is 9.97 Å². The number of rotatable bonds is 6. The summed E-state index contributed by atoms with van der Waals surface area (Å²) >= 11 is 1.70. The molecule has 6 rings (SSSR count). The zero-order chi connectivity index (χ0) is 24.3. The summed E-state index contributed by atoms with van der Waals surface area (Å²) in [5.74, 6) is 2.78. The summed E-state index contributed by atoms with van der Waals surface area (Å²) in [5, 5.41) is 11.4. The normalized spacial score (nSPS) is 20.5. The third-order valence-electron chi connectivity index (χ3n) is 7.06. The summed E-state index contributed by atoms with van der Waals surface area (Å²) in [6, 6.07) is 13.9. The number of aromatic nitrogens is 3. The first-order valence-corrected chi connectivity index (χ1v) is 13.5. The molecule has 0 unspecified atom stereocenters. The van der Waals surface area contributed by atoms with Crippen LogP contribution >= 0.6 is 11.3 Å². The fourth-order valence-corrected chi connectivity index (χ4v) is 6.13. The SMILES string of the molecule is O[C@@H]1CCCC[C@H]1Cc1nc2ccc(Oc3ccnc(-c4ccc(N5CCOCC5)nc4)c3)cc2s1. The van der Waals surface area contributed by atoms with E-state index in [4.69, 9.17) is 14.5 Å². The molecule has 4 aromatic rings. The summed E-state index contributed by atoms with van der Waals surface area (Å²) in [4.78, 5) is 16.2. The smallest absolute Gasteiger partial charge is 0.131 e. The highest BCUT2D eigenvalue weighted by molar-refractivity contribution is 7.18. The number of hydrogen-bond donors (Lipinski definition) is 1. The summed E-state index contributed by atoms with van der Waals surface area (Å²) < 4.78 is 12.7. The monoisotopic (exact) mass is 502 g/mol. The maximum Gasteiger partial charge on any atom is 0.131 e. The molecule has 2 atom stereocenters. The highest BCUT2D eigenvalue weighted by Gasteiger charge is 2.24. The van der Waals surface area contributed by atoms with E-state index in [0.29, 0.717) is 5.92 Å². The number of ether oxygens (including phenoxy) is 2. The van der Waals surface area contributed by atoms with E-state index in [9.17, 15) is 5.11 Å². The van der Waals surface area contributed by atoms with Gasteiger partial charge in [-0.1, -0.05) is 12.8 Å². The van der Waals surface area contributed by atoms with Crippen LogP contribution in [-0.4, -0.2) is 52.5 Å². The van der Waals surface area contributed by atoms with Crippen LogP contribution in [0.15, 0.2) is 54.9 Å². The molecule has 0 amide bonds. The van der Waals surface area contributed by atoms with Gasteiger partial charge in [-0.05, 0) is 49.1 Å². The third-order valence-corrected chi connectivity index (χ3v) is 8.10. The number of morpholine rings is 1. The van der Waals surface area contributed by atoms with E-state index in [1.165, 1.54) is 6.42 Å². The quantitative estimate of drug-likeness (QED) is 0.374. The standard InChI is InChI=1S/C28H30N4O3S/c33-25-4-2-1-3-19(25)15-28-31-23-7-6-21(17-26(23)36-28)35-22-9-10-29-24(16-22)20-5-8-27(30-18-20)32-11-13-34-14-12-32/h5-10,16-19,25,33H,1-4,11-15H2/t19-,25+/m0/s1. The fourth-order valence-electron chi connectivity index (χ4n) is 5.04. The Morgan fingerprint density at radius 3 is 2.69 bits per heavy atom. The number of benzene rings is 1. The summed E-state index contributed by atoms with van der Waals surface area (Å²) in [6.07, 6.45) is 8.61. The lowest BCUT2D eigenvalue weighted by molar-refractivity contribution is 0.0700. The Labute approximate surface area is 214 Å². The van der Waals surface area contributed by atoms with Crippen LogP contribution in [0.5, 0.6) is 11.5 Å². The Bertz CT molecular complexity index is 1320. The molecular formula is C28H30N4O3S. The van der Waals surface area contributed by atoms with Crippen molar-refractivity contribution in [3.05, 3.63) is 59.9 Å². The molecule has 1 aliphatic heterocycles. The Morgan fingerprint density at radius 1 is 1.00 bits per heavy atom. The van der Waals surface area contributed by atoms with E-state index < -0.39 is 0 Å². The van der Waals surface area contributed by atoms with Crippen molar-refractivity contribution in [3.63, 3.8) is 0 Å². The largest absolute Gasteiger partial charge is 0.457 e. The zero-order valence-electron chi connectivity index (χ0n) is 20.2. The first kappa shape index (κ1) is 23.3. The van der Waals surface area contributed by atoms with Gasteiger partial charge < -0.3 is 19.5 Å². The van der Waals surface area contributed by atoms with Crippen molar-refractivity contribution in [2.24, 2.45) is 5.92 Å². The molecule has 8 heteroatoms. The molecule has 3 aromatic heterocycles. The Hall–Kier alpha value is -3.07. The van der Waals surface area contributed by atoms with Crippen LogP contribution in [0.25, 0.3) is 21.5 Å². The molecule has 1 aromatic carbocycles. The van der Waals surface area contributed by atoms with Gasteiger partial charge in [0.15, 0.2) is 0 Å². The van der Waals surface area contributed by atoms with Crippen molar-refractivity contribution in [3.8, 4) is 22.8 Å². The van der Waals surface area contributed by atoms with E-state index in [2.05, 4.69) is 20.9 Å².